The highest BCUT2D eigenvalue weighted by atomic mass is 79.9. The average molecular weight is 367 g/mol. The minimum Gasteiger partial charge on any atom is -0.477 e. The molecule has 0 saturated carbocycles. The first-order valence-corrected chi connectivity index (χ1v) is 6.72. The molecule has 0 saturated heterocycles. The van der Waals surface area contributed by atoms with Gasteiger partial charge in [0, 0.05) is 10.2 Å². The van der Waals surface area contributed by atoms with Crippen LogP contribution in [0.15, 0.2) is 28.7 Å². The van der Waals surface area contributed by atoms with Crippen molar-refractivity contribution < 1.29 is 23.1 Å². The summed E-state index contributed by atoms with van der Waals surface area (Å²) in [6, 6.07) is 6.63. The lowest BCUT2D eigenvalue weighted by Gasteiger charge is -2.03. The second kappa shape index (κ2) is 5.41. The summed E-state index contributed by atoms with van der Waals surface area (Å²) < 4.78 is 38.8. The highest BCUT2D eigenvalue weighted by Crippen LogP contribution is 2.37. The molecule has 1 aromatic carbocycles. The van der Waals surface area contributed by atoms with Crippen molar-refractivity contribution in [2.24, 2.45) is 0 Å². The van der Waals surface area contributed by atoms with Gasteiger partial charge < -0.3 is 10.4 Å². The topological polar surface area (TPSA) is 62.2 Å². The number of nitrogens with one attached hydrogen (secondary N) is 1. The van der Waals surface area contributed by atoms with E-state index in [0.29, 0.717) is 17.0 Å². The van der Waals surface area contributed by atoms with Gasteiger partial charge in [-0.05, 0) is 24.3 Å². The van der Waals surface area contributed by atoms with Crippen LogP contribution in [0, 0.1) is 0 Å². The summed E-state index contributed by atoms with van der Waals surface area (Å²) in [5, 5.41) is 11.3. The van der Waals surface area contributed by atoms with E-state index < -0.39 is 22.7 Å². The van der Waals surface area contributed by atoms with Crippen LogP contribution < -0.4 is 5.32 Å². The first-order chi connectivity index (χ1) is 9.27. The van der Waals surface area contributed by atoms with Gasteiger partial charge in [0.05, 0.1) is 0 Å². The molecule has 0 amide bonds. The standard InChI is InChI=1S/C11H6BrF3N2O2S/c12-5-1-3-6(4-2-5)16-10-17-8(11(13,14)15)7(20-10)9(18)19/h1-4H,(H,16,17)(H,18,19). The molecule has 9 heteroatoms. The number of carbonyl (C=O) groups is 1. The van der Waals surface area contributed by atoms with Crippen molar-refractivity contribution in [2.45, 2.75) is 6.18 Å². The summed E-state index contributed by atoms with van der Waals surface area (Å²) in [6.45, 7) is 0. The Labute approximate surface area is 123 Å². The number of thiazole rings is 1. The van der Waals surface area contributed by atoms with Crippen LogP contribution in [-0.2, 0) is 6.18 Å². The second-order valence-electron chi connectivity index (χ2n) is 3.63. The zero-order valence-corrected chi connectivity index (χ0v) is 11.9. The zero-order valence-electron chi connectivity index (χ0n) is 9.53. The van der Waals surface area contributed by atoms with Crippen LogP contribution in [0.1, 0.15) is 15.4 Å². The lowest BCUT2D eigenvalue weighted by molar-refractivity contribution is -0.141. The smallest absolute Gasteiger partial charge is 0.435 e. The molecule has 0 fully saturated rings. The molecule has 4 nitrogen and oxygen atoms in total. The van der Waals surface area contributed by atoms with Gasteiger partial charge in [0.1, 0.15) is 4.88 Å². The molecule has 0 spiro atoms. The fourth-order valence-corrected chi connectivity index (χ4v) is 2.48. The van der Waals surface area contributed by atoms with Crippen LogP contribution >= 0.6 is 27.3 Å². The molecule has 1 aromatic heterocycles. The van der Waals surface area contributed by atoms with Crippen LogP contribution in [-0.4, -0.2) is 16.1 Å². The first kappa shape index (κ1) is 14.8. The zero-order chi connectivity index (χ0) is 14.9. The molecule has 0 unspecified atom stereocenters. The maximum absolute atomic E-state index is 12.7. The molecule has 2 N–H and O–H groups in total. The molecule has 1 heterocycles. The number of anilines is 2. The third kappa shape index (κ3) is 3.28. The molecule has 2 rings (SSSR count). The summed E-state index contributed by atoms with van der Waals surface area (Å²) in [4.78, 5) is 13.3. The number of aromatic carboxylic acids is 1. The summed E-state index contributed by atoms with van der Waals surface area (Å²) in [7, 11) is 0. The van der Waals surface area contributed by atoms with E-state index in [2.05, 4.69) is 26.2 Å². The summed E-state index contributed by atoms with van der Waals surface area (Å²) in [5.74, 6) is -1.65. The Morgan fingerprint density at radius 1 is 1.30 bits per heavy atom. The number of hydrogen-bond acceptors (Lipinski definition) is 4. The number of halogens is 4. The maximum Gasteiger partial charge on any atom is 0.435 e. The van der Waals surface area contributed by atoms with Gasteiger partial charge in [0.15, 0.2) is 10.8 Å². The van der Waals surface area contributed by atoms with Crippen molar-refractivity contribution in [3.05, 3.63) is 39.3 Å². The Balaban J connectivity index is 2.34. The minimum absolute atomic E-state index is 0.128. The fraction of sp³-hybridized carbons (Fsp3) is 0.0909. The average Bonchev–Trinajstić information content (AvgIpc) is 2.76. The van der Waals surface area contributed by atoms with E-state index in [9.17, 15) is 18.0 Å². The largest absolute Gasteiger partial charge is 0.477 e. The number of carboxylic acids is 1. The van der Waals surface area contributed by atoms with Crippen LogP contribution in [0.25, 0.3) is 0 Å². The monoisotopic (exact) mass is 366 g/mol. The van der Waals surface area contributed by atoms with Gasteiger partial charge in [-0.25, -0.2) is 9.78 Å². The first-order valence-electron chi connectivity index (χ1n) is 5.11. The molecule has 106 valence electrons. The van der Waals surface area contributed by atoms with Crippen molar-refractivity contribution in [3.8, 4) is 0 Å². The third-order valence-corrected chi connectivity index (χ3v) is 3.67. The Hall–Kier alpha value is -1.61. The number of hydrogen-bond donors (Lipinski definition) is 2. The molecule has 0 radical (unpaired) electrons. The molecular formula is C11H6BrF3N2O2S. The van der Waals surface area contributed by atoms with Gasteiger partial charge in [0.25, 0.3) is 0 Å². The highest BCUT2D eigenvalue weighted by molar-refractivity contribution is 9.10. The predicted molar refractivity (Wildman–Crippen MR) is 71.5 cm³/mol. The van der Waals surface area contributed by atoms with Crippen molar-refractivity contribution in [2.75, 3.05) is 5.32 Å². The van der Waals surface area contributed by atoms with Crippen molar-refractivity contribution >= 4 is 44.1 Å². The fourth-order valence-electron chi connectivity index (χ4n) is 1.37. The minimum atomic E-state index is -4.80. The molecular weight excluding hydrogens is 361 g/mol. The van der Waals surface area contributed by atoms with E-state index in [4.69, 9.17) is 5.11 Å². The highest BCUT2D eigenvalue weighted by Gasteiger charge is 2.39. The third-order valence-electron chi connectivity index (χ3n) is 2.19. The number of alkyl halides is 3. The summed E-state index contributed by atoms with van der Waals surface area (Å²) >= 11 is 3.66. The lowest BCUT2D eigenvalue weighted by Crippen LogP contribution is -2.11. The van der Waals surface area contributed by atoms with Gasteiger partial charge in [0.2, 0.25) is 0 Å². The number of benzene rings is 1. The van der Waals surface area contributed by atoms with Gasteiger partial charge in [-0.2, -0.15) is 13.2 Å². The van der Waals surface area contributed by atoms with Gasteiger partial charge in [-0.1, -0.05) is 27.3 Å². The second-order valence-corrected chi connectivity index (χ2v) is 5.55. The molecule has 2 aromatic rings. The van der Waals surface area contributed by atoms with Crippen LogP contribution in [0.5, 0.6) is 0 Å². The molecule has 0 aliphatic heterocycles. The van der Waals surface area contributed by atoms with E-state index in [1.54, 1.807) is 24.3 Å². The van der Waals surface area contributed by atoms with E-state index in [0.717, 1.165) is 4.47 Å². The van der Waals surface area contributed by atoms with Crippen molar-refractivity contribution in [1.29, 1.82) is 0 Å². The number of rotatable bonds is 3. The predicted octanol–water partition coefficient (Wildman–Crippen LogP) is 4.37. The van der Waals surface area contributed by atoms with Crippen molar-refractivity contribution in [3.63, 3.8) is 0 Å². The Morgan fingerprint density at radius 2 is 1.90 bits per heavy atom. The Morgan fingerprint density at radius 3 is 2.35 bits per heavy atom. The van der Waals surface area contributed by atoms with Gasteiger partial charge in [-0.15, -0.1) is 0 Å². The number of carboxylic acid groups (broad SMARTS) is 1. The molecule has 20 heavy (non-hydrogen) atoms. The van der Waals surface area contributed by atoms with E-state index in [1.165, 1.54) is 0 Å². The van der Waals surface area contributed by atoms with Crippen LogP contribution in [0.4, 0.5) is 24.0 Å². The van der Waals surface area contributed by atoms with Gasteiger partial charge >= 0.3 is 12.1 Å². The lowest BCUT2D eigenvalue weighted by atomic mass is 10.3. The number of aromatic nitrogens is 1. The van der Waals surface area contributed by atoms with E-state index in [-0.39, 0.29) is 5.13 Å². The Kier molecular flexibility index (Phi) is 4.00. The maximum atomic E-state index is 12.7. The number of nitrogens with zero attached hydrogens (tertiary/aromatic N) is 1. The summed E-state index contributed by atoms with van der Waals surface area (Å²) in [6.07, 6.45) is -4.80. The molecule has 0 bridgehead atoms. The van der Waals surface area contributed by atoms with Crippen LogP contribution in [0.3, 0.4) is 0 Å². The molecule has 0 aliphatic carbocycles. The van der Waals surface area contributed by atoms with Crippen LogP contribution in [0.2, 0.25) is 0 Å². The van der Waals surface area contributed by atoms with Crippen molar-refractivity contribution in [1.82, 2.24) is 4.98 Å². The van der Waals surface area contributed by atoms with Gasteiger partial charge in [-0.3, -0.25) is 0 Å². The van der Waals surface area contributed by atoms with E-state index in [1.807, 2.05) is 0 Å². The van der Waals surface area contributed by atoms with E-state index >= 15 is 0 Å². The summed E-state index contributed by atoms with van der Waals surface area (Å²) in [5.41, 5.74) is -0.887. The molecule has 0 atom stereocenters. The normalized spacial score (nSPS) is 11.4. The SMILES string of the molecule is O=C(O)c1sc(Nc2ccc(Br)cc2)nc1C(F)(F)F. The molecule has 0 aliphatic rings. The quantitative estimate of drug-likeness (QED) is 0.846. The Bertz CT molecular complexity index is 640.